The second-order valence-corrected chi connectivity index (χ2v) is 4.98. The third-order valence-electron chi connectivity index (χ3n) is 3.35. The molecule has 0 aliphatic carbocycles. The van der Waals surface area contributed by atoms with E-state index in [0.717, 1.165) is 29.0 Å². The summed E-state index contributed by atoms with van der Waals surface area (Å²) in [7, 11) is 0. The first-order chi connectivity index (χ1) is 9.70. The SMILES string of the molecule is NC(Cc1ccc(F)cc1)Cc1ccc2c(c1)OCO2. The van der Waals surface area contributed by atoms with Gasteiger partial charge in [-0.1, -0.05) is 18.2 Å². The maximum atomic E-state index is 12.8. The molecule has 0 amide bonds. The summed E-state index contributed by atoms with van der Waals surface area (Å²) < 4.78 is 23.5. The summed E-state index contributed by atoms with van der Waals surface area (Å²) in [5.74, 6) is 1.33. The summed E-state index contributed by atoms with van der Waals surface area (Å²) in [4.78, 5) is 0. The molecule has 1 atom stereocenters. The molecule has 0 aromatic heterocycles. The molecule has 2 N–H and O–H groups in total. The number of hydrogen-bond acceptors (Lipinski definition) is 3. The highest BCUT2D eigenvalue weighted by molar-refractivity contribution is 5.44. The molecule has 1 aliphatic heterocycles. The molecule has 0 saturated heterocycles. The largest absolute Gasteiger partial charge is 0.454 e. The van der Waals surface area contributed by atoms with E-state index in [9.17, 15) is 4.39 Å². The number of fused-ring (bicyclic) bond motifs is 1. The molecule has 1 aliphatic rings. The van der Waals surface area contributed by atoms with Gasteiger partial charge in [0, 0.05) is 6.04 Å². The Kier molecular flexibility index (Phi) is 3.56. The van der Waals surface area contributed by atoms with Crippen molar-refractivity contribution < 1.29 is 13.9 Å². The van der Waals surface area contributed by atoms with Gasteiger partial charge in [0.2, 0.25) is 6.79 Å². The molecule has 1 unspecified atom stereocenters. The lowest BCUT2D eigenvalue weighted by molar-refractivity contribution is 0.174. The van der Waals surface area contributed by atoms with Crippen molar-refractivity contribution in [2.45, 2.75) is 18.9 Å². The first-order valence-corrected chi connectivity index (χ1v) is 6.59. The third-order valence-corrected chi connectivity index (χ3v) is 3.35. The quantitative estimate of drug-likeness (QED) is 0.931. The van der Waals surface area contributed by atoms with Gasteiger partial charge in [-0.2, -0.15) is 0 Å². The highest BCUT2D eigenvalue weighted by Crippen LogP contribution is 2.32. The van der Waals surface area contributed by atoms with Gasteiger partial charge in [0.25, 0.3) is 0 Å². The Balaban J connectivity index is 1.63. The summed E-state index contributed by atoms with van der Waals surface area (Å²) in [6, 6.07) is 12.3. The lowest BCUT2D eigenvalue weighted by Crippen LogP contribution is -2.25. The lowest BCUT2D eigenvalue weighted by Gasteiger charge is -2.12. The van der Waals surface area contributed by atoms with Crippen LogP contribution in [0.2, 0.25) is 0 Å². The lowest BCUT2D eigenvalue weighted by atomic mass is 9.99. The highest BCUT2D eigenvalue weighted by atomic mass is 19.1. The van der Waals surface area contributed by atoms with Crippen LogP contribution in [-0.4, -0.2) is 12.8 Å². The summed E-state index contributed by atoms with van der Waals surface area (Å²) in [5.41, 5.74) is 8.31. The van der Waals surface area contributed by atoms with Crippen LogP contribution < -0.4 is 15.2 Å². The Labute approximate surface area is 117 Å². The Morgan fingerprint density at radius 1 is 0.950 bits per heavy atom. The second-order valence-electron chi connectivity index (χ2n) is 4.98. The van der Waals surface area contributed by atoms with Crippen LogP contribution in [0.15, 0.2) is 42.5 Å². The van der Waals surface area contributed by atoms with Crippen LogP contribution in [0, 0.1) is 5.82 Å². The zero-order chi connectivity index (χ0) is 13.9. The van der Waals surface area contributed by atoms with Gasteiger partial charge >= 0.3 is 0 Å². The van der Waals surface area contributed by atoms with Crippen molar-refractivity contribution in [3.63, 3.8) is 0 Å². The number of ether oxygens (including phenoxy) is 2. The first kappa shape index (κ1) is 12.9. The Morgan fingerprint density at radius 3 is 2.40 bits per heavy atom. The predicted molar refractivity (Wildman–Crippen MR) is 74.3 cm³/mol. The second kappa shape index (κ2) is 5.51. The molecule has 104 valence electrons. The van der Waals surface area contributed by atoms with Crippen molar-refractivity contribution in [3.05, 3.63) is 59.4 Å². The average molecular weight is 273 g/mol. The van der Waals surface area contributed by atoms with E-state index in [0.29, 0.717) is 6.42 Å². The topological polar surface area (TPSA) is 44.5 Å². The molecule has 2 aromatic carbocycles. The van der Waals surface area contributed by atoms with Gasteiger partial charge in [-0.3, -0.25) is 0 Å². The van der Waals surface area contributed by atoms with Crippen LogP contribution in [0.25, 0.3) is 0 Å². The molecule has 0 bridgehead atoms. The Morgan fingerprint density at radius 2 is 1.60 bits per heavy atom. The van der Waals surface area contributed by atoms with Crippen LogP contribution in [-0.2, 0) is 12.8 Å². The third kappa shape index (κ3) is 2.91. The van der Waals surface area contributed by atoms with Gasteiger partial charge in [0.1, 0.15) is 5.82 Å². The van der Waals surface area contributed by atoms with Crippen LogP contribution in [0.1, 0.15) is 11.1 Å². The number of rotatable bonds is 4. The summed E-state index contributed by atoms with van der Waals surface area (Å²) in [6.07, 6.45) is 1.46. The van der Waals surface area contributed by atoms with Crippen molar-refractivity contribution in [1.29, 1.82) is 0 Å². The smallest absolute Gasteiger partial charge is 0.231 e. The fraction of sp³-hybridized carbons (Fsp3) is 0.250. The van der Waals surface area contributed by atoms with Crippen LogP contribution in [0.5, 0.6) is 11.5 Å². The van der Waals surface area contributed by atoms with Gasteiger partial charge in [0.15, 0.2) is 11.5 Å². The standard InChI is InChI=1S/C16H16FNO2/c17-13-4-1-11(2-5-13)7-14(18)8-12-3-6-15-16(9-12)20-10-19-15/h1-6,9,14H,7-8,10,18H2. The summed E-state index contributed by atoms with van der Waals surface area (Å²) >= 11 is 0. The number of halogens is 1. The van der Waals surface area contributed by atoms with Gasteiger partial charge < -0.3 is 15.2 Å². The van der Waals surface area contributed by atoms with Crippen molar-refractivity contribution in [1.82, 2.24) is 0 Å². The van der Waals surface area contributed by atoms with Gasteiger partial charge in [-0.05, 0) is 48.2 Å². The predicted octanol–water partition coefficient (Wildman–Crippen LogP) is 2.67. The Bertz CT molecular complexity index is 598. The van der Waals surface area contributed by atoms with Crippen LogP contribution in [0.3, 0.4) is 0 Å². The van der Waals surface area contributed by atoms with Gasteiger partial charge in [-0.25, -0.2) is 4.39 Å². The normalized spacial score (nSPS) is 14.3. The van der Waals surface area contributed by atoms with E-state index in [2.05, 4.69) is 0 Å². The molecule has 0 fully saturated rings. The highest BCUT2D eigenvalue weighted by Gasteiger charge is 2.14. The maximum Gasteiger partial charge on any atom is 0.231 e. The first-order valence-electron chi connectivity index (χ1n) is 6.59. The molecule has 0 radical (unpaired) electrons. The van der Waals surface area contributed by atoms with Gasteiger partial charge in [0.05, 0.1) is 0 Å². The minimum absolute atomic E-state index is 0.0131. The van der Waals surface area contributed by atoms with Crippen LogP contribution in [0.4, 0.5) is 4.39 Å². The van der Waals surface area contributed by atoms with E-state index in [1.807, 2.05) is 18.2 Å². The summed E-state index contributed by atoms with van der Waals surface area (Å²) in [6.45, 7) is 0.278. The van der Waals surface area contributed by atoms with E-state index in [1.54, 1.807) is 12.1 Å². The zero-order valence-electron chi connectivity index (χ0n) is 11.0. The van der Waals surface area contributed by atoms with Crippen molar-refractivity contribution in [3.8, 4) is 11.5 Å². The minimum atomic E-state index is -0.224. The van der Waals surface area contributed by atoms with E-state index in [1.165, 1.54) is 12.1 Å². The molecule has 3 rings (SSSR count). The van der Waals surface area contributed by atoms with E-state index in [4.69, 9.17) is 15.2 Å². The molecule has 0 saturated carbocycles. The van der Waals surface area contributed by atoms with Crippen molar-refractivity contribution >= 4 is 0 Å². The monoisotopic (exact) mass is 273 g/mol. The number of hydrogen-bond donors (Lipinski definition) is 1. The molecular weight excluding hydrogens is 257 g/mol. The molecule has 0 spiro atoms. The minimum Gasteiger partial charge on any atom is -0.454 e. The van der Waals surface area contributed by atoms with E-state index >= 15 is 0 Å². The maximum absolute atomic E-state index is 12.8. The number of nitrogens with two attached hydrogens (primary N) is 1. The Hall–Kier alpha value is -2.07. The number of benzene rings is 2. The zero-order valence-corrected chi connectivity index (χ0v) is 11.0. The fourth-order valence-electron chi connectivity index (χ4n) is 2.37. The summed E-state index contributed by atoms with van der Waals surface area (Å²) in [5, 5.41) is 0. The van der Waals surface area contributed by atoms with E-state index < -0.39 is 0 Å². The van der Waals surface area contributed by atoms with Crippen molar-refractivity contribution in [2.75, 3.05) is 6.79 Å². The molecule has 2 aromatic rings. The van der Waals surface area contributed by atoms with Gasteiger partial charge in [-0.15, -0.1) is 0 Å². The molecule has 20 heavy (non-hydrogen) atoms. The van der Waals surface area contributed by atoms with E-state index in [-0.39, 0.29) is 18.7 Å². The van der Waals surface area contributed by atoms with Crippen molar-refractivity contribution in [2.24, 2.45) is 5.73 Å². The average Bonchev–Trinajstić information content (AvgIpc) is 2.89. The fourth-order valence-corrected chi connectivity index (χ4v) is 2.37. The molecule has 3 nitrogen and oxygen atoms in total. The molecule has 1 heterocycles. The van der Waals surface area contributed by atoms with Crippen LogP contribution >= 0.6 is 0 Å². The molecular formula is C16H16FNO2. The molecule has 4 heteroatoms.